The number of nitrogen functional groups attached to an aromatic ring is 1. The number of nitrogens with two attached hydrogens (primary N) is 1. The summed E-state index contributed by atoms with van der Waals surface area (Å²) >= 11 is 0. The Hall–Kier alpha value is -2.16. The Morgan fingerprint density at radius 1 is 1.10 bits per heavy atom. The van der Waals surface area contributed by atoms with Crippen LogP contribution in [0.5, 0.6) is 5.75 Å². The molecule has 1 aliphatic rings. The minimum absolute atomic E-state index is 0.692. The number of nitrogens with zero attached hydrogens (tertiary/aromatic N) is 1. The quantitative estimate of drug-likeness (QED) is 0.874. The minimum atomic E-state index is 0.692. The summed E-state index contributed by atoms with van der Waals surface area (Å²) in [6.45, 7) is 6.83. The van der Waals surface area contributed by atoms with Crippen molar-refractivity contribution < 1.29 is 4.74 Å². The van der Waals surface area contributed by atoms with Crippen LogP contribution in [0.2, 0.25) is 0 Å². The summed E-state index contributed by atoms with van der Waals surface area (Å²) in [7, 11) is 0. The van der Waals surface area contributed by atoms with Gasteiger partial charge in [0.15, 0.2) is 0 Å². The predicted molar refractivity (Wildman–Crippen MR) is 88.2 cm³/mol. The number of hydrogen-bond donors (Lipinski definition) is 1. The fourth-order valence-electron chi connectivity index (χ4n) is 2.98. The Bertz CT molecular complexity index is 631. The van der Waals surface area contributed by atoms with Gasteiger partial charge >= 0.3 is 0 Å². The highest BCUT2D eigenvalue weighted by Gasteiger charge is 2.18. The highest BCUT2D eigenvalue weighted by atomic mass is 16.5. The number of hydrogen-bond acceptors (Lipinski definition) is 3. The molecule has 3 rings (SSSR count). The minimum Gasteiger partial charge on any atom is -0.492 e. The van der Waals surface area contributed by atoms with Gasteiger partial charge in [-0.05, 0) is 61.2 Å². The third-order valence-corrected chi connectivity index (χ3v) is 3.93. The second-order valence-corrected chi connectivity index (χ2v) is 5.80. The summed E-state index contributed by atoms with van der Waals surface area (Å²) in [5, 5.41) is 0. The fraction of sp³-hybridized carbons (Fsp3) is 0.333. The van der Waals surface area contributed by atoms with Crippen LogP contribution in [0.25, 0.3) is 0 Å². The maximum Gasteiger partial charge on any atom is 0.119 e. The molecule has 3 heteroatoms. The fourth-order valence-corrected chi connectivity index (χ4v) is 2.98. The molecule has 3 nitrogen and oxygen atoms in total. The molecule has 21 heavy (non-hydrogen) atoms. The molecule has 110 valence electrons. The van der Waals surface area contributed by atoms with Gasteiger partial charge in [0.2, 0.25) is 0 Å². The molecular formula is C18H22N2O. The normalized spacial score (nSPS) is 13.3. The number of aryl methyl sites for hydroxylation is 2. The molecule has 0 amide bonds. The Balaban J connectivity index is 1.61. The maximum absolute atomic E-state index is 5.90. The van der Waals surface area contributed by atoms with Crippen molar-refractivity contribution >= 4 is 11.4 Å². The first-order chi connectivity index (χ1) is 10.1. The van der Waals surface area contributed by atoms with E-state index in [-0.39, 0.29) is 0 Å². The third-order valence-electron chi connectivity index (χ3n) is 3.93. The van der Waals surface area contributed by atoms with Gasteiger partial charge in [-0.25, -0.2) is 0 Å². The Morgan fingerprint density at radius 2 is 1.86 bits per heavy atom. The van der Waals surface area contributed by atoms with E-state index in [0.29, 0.717) is 6.61 Å². The third kappa shape index (κ3) is 3.13. The summed E-state index contributed by atoms with van der Waals surface area (Å²) < 4.78 is 5.90. The molecule has 2 aromatic carbocycles. The zero-order valence-corrected chi connectivity index (χ0v) is 12.7. The van der Waals surface area contributed by atoms with E-state index < -0.39 is 0 Å². The molecule has 1 aliphatic heterocycles. The molecule has 0 aliphatic carbocycles. The smallest absolute Gasteiger partial charge is 0.119 e. The van der Waals surface area contributed by atoms with Crippen molar-refractivity contribution in [1.29, 1.82) is 0 Å². The van der Waals surface area contributed by atoms with Crippen molar-refractivity contribution in [2.45, 2.75) is 20.3 Å². The molecule has 0 unspecified atom stereocenters. The SMILES string of the molecule is Cc1cc(C)cc(OCCN2CCc3ccc(N)cc32)c1. The Kier molecular flexibility index (Phi) is 3.74. The summed E-state index contributed by atoms with van der Waals surface area (Å²) in [4.78, 5) is 2.36. The lowest BCUT2D eigenvalue weighted by Crippen LogP contribution is -2.26. The first-order valence-electron chi connectivity index (χ1n) is 7.46. The molecule has 0 spiro atoms. The Morgan fingerprint density at radius 3 is 2.62 bits per heavy atom. The number of rotatable bonds is 4. The van der Waals surface area contributed by atoms with E-state index in [1.54, 1.807) is 0 Å². The molecule has 0 saturated carbocycles. The zero-order chi connectivity index (χ0) is 14.8. The van der Waals surface area contributed by atoms with Crippen molar-refractivity contribution in [3.8, 4) is 5.75 Å². The standard InChI is InChI=1S/C18H22N2O/c1-13-9-14(2)11-17(10-13)21-8-7-20-6-5-15-3-4-16(19)12-18(15)20/h3-4,9-12H,5-8,19H2,1-2H3. The number of fused-ring (bicyclic) bond motifs is 1. The summed E-state index contributed by atoms with van der Waals surface area (Å²) in [6.07, 6.45) is 1.10. The second kappa shape index (κ2) is 5.68. The van der Waals surface area contributed by atoms with E-state index >= 15 is 0 Å². The van der Waals surface area contributed by atoms with Crippen molar-refractivity contribution in [3.05, 3.63) is 53.1 Å². The van der Waals surface area contributed by atoms with E-state index in [2.05, 4.69) is 49.1 Å². The average Bonchev–Trinajstić information content (AvgIpc) is 2.80. The predicted octanol–water partition coefficient (Wildman–Crippen LogP) is 3.33. The summed E-state index contributed by atoms with van der Waals surface area (Å²) in [5.74, 6) is 0.958. The molecule has 2 aromatic rings. The lowest BCUT2D eigenvalue weighted by Gasteiger charge is -2.20. The van der Waals surface area contributed by atoms with E-state index in [1.807, 2.05) is 6.07 Å². The first-order valence-corrected chi connectivity index (χ1v) is 7.46. The van der Waals surface area contributed by atoms with Gasteiger partial charge in [-0.2, -0.15) is 0 Å². The van der Waals surface area contributed by atoms with Crippen LogP contribution >= 0.6 is 0 Å². The first kappa shape index (κ1) is 13.8. The van der Waals surface area contributed by atoms with E-state index in [1.165, 1.54) is 22.4 Å². The van der Waals surface area contributed by atoms with E-state index in [9.17, 15) is 0 Å². The lowest BCUT2D eigenvalue weighted by molar-refractivity contribution is 0.324. The van der Waals surface area contributed by atoms with Crippen LogP contribution in [0.3, 0.4) is 0 Å². The highest BCUT2D eigenvalue weighted by molar-refractivity contribution is 5.64. The van der Waals surface area contributed by atoms with E-state index in [4.69, 9.17) is 10.5 Å². The lowest BCUT2D eigenvalue weighted by atomic mass is 10.1. The van der Waals surface area contributed by atoms with Crippen LogP contribution in [0.1, 0.15) is 16.7 Å². The molecular weight excluding hydrogens is 260 g/mol. The van der Waals surface area contributed by atoms with Gasteiger partial charge in [-0.15, -0.1) is 0 Å². The van der Waals surface area contributed by atoms with Crippen LogP contribution in [-0.4, -0.2) is 19.7 Å². The monoisotopic (exact) mass is 282 g/mol. The molecule has 0 aromatic heterocycles. The van der Waals surface area contributed by atoms with Crippen LogP contribution in [0.4, 0.5) is 11.4 Å². The Labute approximate surface area is 126 Å². The van der Waals surface area contributed by atoms with Gasteiger partial charge in [-0.1, -0.05) is 12.1 Å². The number of ether oxygens (including phenoxy) is 1. The van der Waals surface area contributed by atoms with Gasteiger partial charge < -0.3 is 15.4 Å². The second-order valence-electron chi connectivity index (χ2n) is 5.80. The van der Waals surface area contributed by atoms with Gasteiger partial charge in [0.25, 0.3) is 0 Å². The van der Waals surface area contributed by atoms with Gasteiger partial charge in [-0.3, -0.25) is 0 Å². The van der Waals surface area contributed by atoms with Crippen molar-refractivity contribution in [3.63, 3.8) is 0 Å². The molecule has 0 bridgehead atoms. The maximum atomic E-state index is 5.90. The van der Waals surface area contributed by atoms with Crippen LogP contribution < -0.4 is 15.4 Å². The topological polar surface area (TPSA) is 38.5 Å². The van der Waals surface area contributed by atoms with E-state index in [0.717, 1.165) is 30.9 Å². The largest absolute Gasteiger partial charge is 0.492 e. The highest BCUT2D eigenvalue weighted by Crippen LogP contribution is 2.29. The van der Waals surface area contributed by atoms with Gasteiger partial charge in [0.05, 0.1) is 6.54 Å². The van der Waals surface area contributed by atoms with Crippen LogP contribution in [0.15, 0.2) is 36.4 Å². The molecule has 2 N–H and O–H groups in total. The molecule has 0 radical (unpaired) electrons. The van der Waals surface area contributed by atoms with Crippen LogP contribution in [0, 0.1) is 13.8 Å². The molecule has 0 saturated heterocycles. The van der Waals surface area contributed by atoms with Crippen LogP contribution in [-0.2, 0) is 6.42 Å². The average molecular weight is 282 g/mol. The van der Waals surface area contributed by atoms with Gasteiger partial charge in [0.1, 0.15) is 12.4 Å². The summed E-state index contributed by atoms with van der Waals surface area (Å²) in [5.41, 5.74) is 11.8. The summed E-state index contributed by atoms with van der Waals surface area (Å²) in [6, 6.07) is 12.5. The molecule has 0 atom stereocenters. The number of benzene rings is 2. The van der Waals surface area contributed by atoms with Gasteiger partial charge in [0, 0.05) is 17.9 Å². The van der Waals surface area contributed by atoms with Crippen molar-refractivity contribution in [2.24, 2.45) is 0 Å². The molecule has 0 fully saturated rings. The zero-order valence-electron chi connectivity index (χ0n) is 12.7. The van der Waals surface area contributed by atoms with Crippen molar-refractivity contribution in [2.75, 3.05) is 30.3 Å². The number of anilines is 2. The van der Waals surface area contributed by atoms with Crippen molar-refractivity contribution in [1.82, 2.24) is 0 Å². The molecule has 1 heterocycles.